The fraction of sp³-hybridized carbons (Fsp3) is 0.529. The van der Waals surface area contributed by atoms with Gasteiger partial charge in [0.05, 0.1) is 10.1 Å². The van der Waals surface area contributed by atoms with Crippen LogP contribution in [0.3, 0.4) is 0 Å². The van der Waals surface area contributed by atoms with E-state index in [1.165, 1.54) is 30.3 Å². The molecule has 1 unspecified atom stereocenters. The molecule has 1 saturated carbocycles. The Kier molecular flexibility index (Phi) is 5.30. The van der Waals surface area contributed by atoms with Crippen molar-refractivity contribution in [3.63, 3.8) is 0 Å². The number of hydrogen-bond acceptors (Lipinski definition) is 4. The maximum atomic E-state index is 12.7. The molecule has 2 aliphatic rings. The summed E-state index contributed by atoms with van der Waals surface area (Å²) in [7, 11) is -3.80. The van der Waals surface area contributed by atoms with Gasteiger partial charge in [0.1, 0.15) is 0 Å². The highest BCUT2D eigenvalue weighted by molar-refractivity contribution is 8.16. The lowest BCUT2D eigenvalue weighted by Gasteiger charge is -2.30. The summed E-state index contributed by atoms with van der Waals surface area (Å²) >= 11 is 1.29. The molecule has 0 N–H and O–H groups in total. The van der Waals surface area contributed by atoms with Crippen LogP contribution in [0.25, 0.3) is 0 Å². The Balaban J connectivity index is 1.95. The van der Waals surface area contributed by atoms with Gasteiger partial charge in [-0.2, -0.15) is 8.42 Å². The van der Waals surface area contributed by atoms with Crippen molar-refractivity contribution in [3.05, 3.63) is 30.3 Å². The van der Waals surface area contributed by atoms with E-state index < -0.39 is 10.0 Å². The second-order valence-corrected chi connectivity index (χ2v) is 8.95. The summed E-state index contributed by atoms with van der Waals surface area (Å²) in [6.07, 6.45) is 5.86. The number of carbonyl (C=O) groups excluding carboxylic acids is 1. The quantitative estimate of drug-likeness (QED) is 0.819. The zero-order valence-corrected chi connectivity index (χ0v) is 15.4. The average molecular weight is 367 g/mol. The summed E-state index contributed by atoms with van der Waals surface area (Å²) < 4.78 is 29.2. The van der Waals surface area contributed by atoms with Gasteiger partial charge < -0.3 is 0 Å². The number of benzene rings is 1. The summed E-state index contributed by atoms with van der Waals surface area (Å²) in [5.74, 6) is 0.0106. The average Bonchev–Trinajstić information content (AvgIpc) is 2.91. The summed E-state index contributed by atoms with van der Waals surface area (Å²) in [5.41, 5.74) is 0. The smallest absolute Gasteiger partial charge is 0.284 e. The zero-order valence-electron chi connectivity index (χ0n) is 13.7. The van der Waals surface area contributed by atoms with Crippen LogP contribution in [0.2, 0.25) is 0 Å². The van der Waals surface area contributed by atoms with Crippen LogP contribution in [0.4, 0.5) is 0 Å². The molecule has 1 aromatic carbocycles. The van der Waals surface area contributed by atoms with Crippen LogP contribution in [0, 0.1) is 0 Å². The Morgan fingerprint density at radius 2 is 1.83 bits per heavy atom. The first-order valence-electron chi connectivity index (χ1n) is 8.42. The molecule has 1 atom stereocenters. The maximum absolute atomic E-state index is 12.7. The first-order chi connectivity index (χ1) is 11.5. The third-order valence-corrected chi connectivity index (χ3v) is 7.23. The lowest BCUT2D eigenvalue weighted by molar-refractivity contribution is -0.128. The van der Waals surface area contributed by atoms with E-state index in [1.54, 1.807) is 23.1 Å². The maximum Gasteiger partial charge on any atom is 0.284 e. The fourth-order valence-corrected chi connectivity index (χ4v) is 5.59. The molecule has 1 aromatic rings. The van der Waals surface area contributed by atoms with E-state index in [9.17, 15) is 13.2 Å². The number of amides is 1. The minimum atomic E-state index is -3.80. The number of nitrogens with zero attached hydrogens (tertiary/aromatic N) is 2. The molecule has 24 heavy (non-hydrogen) atoms. The van der Waals surface area contributed by atoms with Crippen LogP contribution < -0.4 is 0 Å². The molecular weight excluding hydrogens is 344 g/mol. The molecule has 1 aliphatic carbocycles. The highest BCUT2D eigenvalue weighted by Crippen LogP contribution is 2.36. The lowest BCUT2D eigenvalue weighted by Crippen LogP contribution is -2.42. The minimum Gasteiger partial charge on any atom is -0.287 e. The standard InChI is InChI=1S/C17H22N2O3S2/c1-2-15-16(20)19(13-9-5-3-6-10-13)17(23-15)18-24(21,22)14-11-7-4-8-12-14/h4,7-8,11-13,15H,2-3,5-6,9-10H2,1H3/b18-17+. The normalized spacial score (nSPS) is 24.7. The van der Waals surface area contributed by atoms with E-state index >= 15 is 0 Å². The molecule has 130 valence electrons. The highest BCUT2D eigenvalue weighted by Gasteiger charge is 2.42. The van der Waals surface area contributed by atoms with Gasteiger partial charge in [0.25, 0.3) is 10.0 Å². The number of rotatable bonds is 4. The molecule has 1 heterocycles. The molecule has 1 aliphatic heterocycles. The predicted molar refractivity (Wildman–Crippen MR) is 96.5 cm³/mol. The van der Waals surface area contributed by atoms with Gasteiger partial charge >= 0.3 is 0 Å². The highest BCUT2D eigenvalue weighted by atomic mass is 32.2. The van der Waals surface area contributed by atoms with Crippen LogP contribution in [-0.2, 0) is 14.8 Å². The second-order valence-electron chi connectivity index (χ2n) is 6.18. The molecule has 2 fully saturated rings. The van der Waals surface area contributed by atoms with Crippen molar-refractivity contribution in [1.82, 2.24) is 4.90 Å². The molecule has 1 saturated heterocycles. The first-order valence-corrected chi connectivity index (χ1v) is 10.7. The molecule has 0 aromatic heterocycles. The van der Waals surface area contributed by atoms with Crippen molar-refractivity contribution >= 4 is 32.9 Å². The third kappa shape index (κ3) is 3.52. The van der Waals surface area contributed by atoms with Gasteiger partial charge in [-0.3, -0.25) is 9.69 Å². The van der Waals surface area contributed by atoms with Gasteiger partial charge in [-0.15, -0.1) is 4.40 Å². The number of carbonyl (C=O) groups is 1. The summed E-state index contributed by atoms with van der Waals surface area (Å²) in [5, 5.41) is 0.124. The van der Waals surface area contributed by atoms with Crippen molar-refractivity contribution in [1.29, 1.82) is 0 Å². The van der Waals surface area contributed by atoms with Crippen molar-refractivity contribution in [2.24, 2.45) is 4.40 Å². The SMILES string of the molecule is CCC1S/C(=N/S(=O)(=O)c2ccccc2)N(C2CCCCC2)C1=O. The molecule has 1 amide bonds. The molecule has 3 rings (SSSR count). The van der Waals surface area contributed by atoms with Gasteiger partial charge in [0, 0.05) is 6.04 Å². The number of amidine groups is 1. The van der Waals surface area contributed by atoms with E-state index in [1.807, 2.05) is 6.92 Å². The third-order valence-electron chi connectivity index (χ3n) is 4.52. The summed E-state index contributed by atoms with van der Waals surface area (Å²) in [6.45, 7) is 1.95. The van der Waals surface area contributed by atoms with Gasteiger partial charge in [-0.1, -0.05) is 56.1 Å². The van der Waals surface area contributed by atoms with Crippen LogP contribution >= 0.6 is 11.8 Å². The molecular formula is C17H22N2O3S2. The van der Waals surface area contributed by atoms with E-state index in [-0.39, 0.29) is 22.1 Å². The summed E-state index contributed by atoms with van der Waals surface area (Å²) in [4.78, 5) is 14.5. The predicted octanol–water partition coefficient (Wildman–Crippen LogP) is 3.42. The Labute approximate surface area is 147 Å². The molecule has 5 nitrogen and oxygen atoms in total. The Bertz CT molecular complexity index is 725. The van der Waals surface area contributed by atoms with Crippen molar-refractivity contribution < 1.29 is 13.2 Å². The van der Waals surface area contributed by atoms with Gasteiger partial charge in [0.15, 0.2) is 5.17 Å². The fourth-order valence-electron chi connectivity index (χ4n) is 3.23. The van der Waals surface area contributed by atoms with Crippen LogP contribution in [0.5, 0.6) is 0 Å². The monoisotopic (exact) mass is 366 g/mol. The summed E-state index contributed by atoms with van der Waals surface area (Å²) in [6, 6.07) is 8.26. The van der Waals surface area contributed by atoms with E-state index in [2.05, 4.69) is 4.40 Å². The van der Waals surface area contributed by atoms with Crippen molar-refractivity contribution in [3.8, 4) is 0 Å². The largest absolute Gasteiger partial charge is 0.287 e. The van der Waals surface area contributed by atoms with Crippen LogP contribution in [-0.4, -0.2) is 35.7 Å². The molecule has 0 radical (unpaired) electrons. The van der Waals surface area contributed by atoms with Crippen LogP contribution in [0.1, 0.15) is 45.4 Å². The topological polar surface area (TPSA) is 66.8 Å². The van der Waals surface area contributed by atoms with E-state index in [0.717, 1.165) is 25.7 Å². The Hall–Kier alpha value is -1.34. The number of thioether (sulfide) groups is 1. The molecule has 0 bridgehead atoms. The van der Waals surface area contributed by atoms with Gasteiger partial charge in [-0.25, -0.2) is 0 Å². The first kappa shape index (κ1) is 17.5. The Morgan fingerprint density at radius 1 is 1.17 bits per heavy atom. The zero-order chi connectivity index (χ0) is 17.2. The van der Waals surface area contributed by atoms with E-state index in [0.29, 0.717) is 11.6 Å². The van der Waals surface area contributed by atoms with Gasteiger partial charge in [-0.05, 0) is 31.4 Å². The number of sulfonamides is 1. The van der Waals surface area contributed by atoms with Crippen molar-refractivity contribution in [2.75, 3.05) is 0 Å². The second kappa shape index (κ2) is 7.27. The lowest BCUT2D eigenvalue weighted by atomic mass is 9.94. The number of hydrogen-bond donors (Lipinski definition) is 0. The molecule has 7 heteroatoms. The van der Waals surface area contributed by atoms with Crippen LogP contribution in [0.15, 0.2) is 39.6 Å². The minimum absolute atomic E-state index is 0.0106. The van der Waals surface area contributed by atoms with Crippen molar-refractivity contribution in [2.45, 2.75) is 61.6 Å². The van der Waals surface area contributed by atoms with E-state index in [4.69, 9.17) is 0 Å². The Morgan fingerprint density at radius 3 is 2.46 bits per heavy atom. The van der Waals surface area contributed by atoms with Gasteiger partial charge in [0.2, 0.25) is 5.91 Å². The molecule has 0 spiro atoms.